The summed E-state index contributed by atoms with van der Waals surface area (Å²) in [6.07, 6.45) is 0.500. The van der Waals surface area contributed by atoms with E-state index in [2.05, 4.69) is 0 Å². The Hall–Kier alpha value is -1.18. The van der Waals surface area contributed by atoms with Crippen molar-refractivity contribution in [1.29, 1.82) is 0 Å². The Kier molecular flexibility index (Phi) is 4.55. The summed E-state index contributed by atoms with van der Waals surface area (Å²) in [5, 5.41) is 0. The molecular weight excluding hydrogens is 295 g/mol. The average Bonchev–Trinajstić information content (AvgIpc) is 2.43. The van der Waals surface area contributed by atoms with E-state index >= 15 is 0 Å². The first kappa shape index (κ1) is 16.2. The second-order valence-corrected chi connectivity index (χ2v) is 7.45. The molecular formula is C14H21FN2O3S. The summed E-state index contributed by atoms with van der Waals surface area (Å²) in [5.74, 6) is -0.497. The van der Waals surface area contributed by atoms with E-state index in [0.717, 1.165) is 6.07 Å². The van der Waals surface area contributed by atoms with E-state index in [9.17, 15) is 12.8 Å². The maximum Gasteiger partial charge on any atom is 0.246 e. The van der Waals surface area contributed by atoms with Gasteiger partial charge in [0.25, 0.3) is 0 Å². The van der Waals surface area contributed by atoms with Crippen molar-refractivity contribution in [3.8, 4) is 0 Å². The number of nitrogens with zero attached hydrogens (tertiary/aromatic N) is 1. The van der Waals surface area contributed by atoms with Gasteiger partial charge in [0.1, 0.15) is 10.7 Å². The van der Waals surface area contributed by atoms with Crippen molar-refractivity contribution in [2.24, 2.45) is 5.92 Å². The first-order valence-corrected chi connectivity index (χ1v) is 8.30. The van der Waals surface area contributed by atoms with Crippen molar-refractivity contribution < 1.29 is 17.5 Å². The zero-order chi connectivity index (χ0) is 15.8. The van der Waals surface area contributed by atoms with Gasteiger partial charge in [0.05, 0.1) is 6.10 Å². The molecule has 5 nitrogen and oxygen atoms in total. The van der Waals surface area contributed by atoms with Gasteiger partial charge in [-0.05, 0) is 37.0 Å². The molecule has 2 N–H and O–H groups in total. The summed E-state index contributed by atoms with van der Waals surface area (Å²) in [7, 11) is -2.34. The van der Waals surface area contributed by atoms with E-state index in [0.29, 0.717) is 18.5 Å². The highest BCUT2D eigenvalue weighted by Gasteiger charge is 2.35. The van der Waals surface area contributed by atoms with Gasteiger partial charge in [0.2, 0.25) is 10.0 Å². The van der Waals surface area contributed by atoms with Crippen LogP contribution in [0.3, 0.4) is 0 Å². The predicted octanol–water partition coefficient (Wildman–Crippen LogP) is 1.76. The lowest BCUT2D eigenvalue weighted by Crippen LogP contribution is -2.46. The highest BCUT2D eigenvalue weighted by atomic mass is 32.2. The molecule has 0 bridgehead atoms. The van der Waals surface area contributed by atoms with E-state index in [-0.39, 0.29) is 29.1 Å². The number of benzene rings is 1. The van der Waals surface area contributed by atoms with Crippen LogP contribution in [0.1, 0.15) is 18.9 Å². The fourth-order valence-corrected chi connectivity index (χ4v) is 4.08. The molecule has 21 heavy (non-hydrogen) atoms. The molecule has 2 atom stereocenters. The van der Waals surface area contributed by atoms with Crippen LogP contribution in [0.25, 0.3) is 0 Å². The highest BCUT2D eigenvalue weighted by Crippen LogP contribution is 2.28. The van der Waals surface area contributed by atoms with Crippen LogP contribution < -0.4 is 5.73 Å². The third kappa shape index (κ3) is 3.04. The van der Waals surface area contributed by atoms with Crippen molar-refractivity contribution >= 4 is 15.7 Å². The summed E-state index contributed by atoms with van der Waals surface area (Å²) in [6, 6.07) is 2.35. The lowest BCUT2D eigenvalue weighted by molar-refractivity contribution is 0.0183. The second kappa shape index (κ2) is 5.90. The number of nitrogen functional groups attached to an aromatic ring is 1. The number of anilines is 1. The SMILES string of the molecule is COC1CN(S(=O)(=O)c2cc(N)c(C)cc2F)CCC1C. The van der Waals surface area contributed by atoms with Gasteiger partial charge < -0.3 is 10.5 Å². The molecule has 0 aliphatic carbocycles. The summed E-state index contributed by atoms with van der Waals surface area (Å²) in [6.45, 7) is 4.24. The molecule has 1 saturated heterocycles. The first-order valence-electron chi connectivity index (χ1n) is 6.86. The topological polar surface area (TPSA) is 72.6 Å². The Morgan fingerprint density at radius 2 is 2.10 bits per heavy atom. The third-order valence-electron chi connectivity index (χ3n) is 4.09. The van der Waals surface area contributed by atoms with Gasteiger partial charge in [-0.15, -0.1) is 0 Å². The molecule has 118 valence electrons. The second-order valence-electron chi connectivity index (χ2n) is 5.54. The van der Waals surface area contributed by atoms with Crippen LogP contribution >= 0.6 is 0 Å². The van der Waals surface area contributed by atoms with Crippen molar-refractivity contribution in [1.82, 2.24) is 4.31 Å². The van der Waals surface area contributed by atoms with E-state index in [1.165, 1.54) is 10.4 Å². The van der Waals surface area contributed by atoms with Gasteiger partial charge in [0.15, 0.2) is 0 Å². The molecule has 0 spiro atoms. The zero-order valence-electron chi connectivity index (χ0n) is 12.5. The number of sulfonamides is 1. The van der Waals surface area contributed by atoms with E-state index in [1.54, 1.807) is 14.0 Å². The maximum absolute atomic E-state index is 14.0. The number of rotatable bonds is 3. The standard InChI is InChI=1S/C14H21FN2O3S/c1-9-4-5-17(8-13(9)20-3)21(18,19)14-7-12(16)10(2)6-11(14)15/h6-7,9,13H,4-5,8,16H2,1-3H3. The molecule has 1 aromatic carbocycles. The van der Waals surface area contributed by atoms with Crippen LogP contribution in [0.5, 0.6) is 0 Å². The van der Waals surface area contributed by atoms with Crippen molar-refractivity contribution in [3.05, 3.63) is 23.5 Å². The summed E-state index contributed by atoms with van der Waals surface area (Å²) >= 11 is 0. The maximum atomic E-state index is 14.0. The number of hydrogen-bond acceptors (Lipinski definition) is 4. The predicted molar refractivity (Wildman–Crippen MR) is 78.9 cm³/mol. The van der Waals surface area contributed by atoms with Gasteiger partial charge in [0, 0.05) is 25.9 Å². The number of hydrogen-bond donors (Lipinski definition) is 1. The van der Waals surface area contributed by atoms with Gasteiger partial charge in [-0.3, -0.25) is 0 Å². The van der Waals surface area contributed by atoms with Crippen molar-refractivity contribution in [2.45, 2.75) is 31.3 Å². The fourth-order valence-electron chi connectivity index (χ4n) is 2.54. The van der Waals surface area contributed by atoms with Crippen molar-refractivity contribution in [3.63, 3.8) is 0 Å². The molecule has 2 rings (SSSR count). The van der Waals surface area contributed by atoms with Crippen LogP contribution in [0.2, 0.25) is 0 Å². The Labute approximate surface area is 124 Å². The Bertz CT molecular complexity index is 633. The summed E-state index contributed by atoms with van der Waals surface area (Å²) < 4.78 is 45.9. The van der Waals surface area contributed by atoms with Gasteiger partial charge in [-0.25, -0.2) is 12.8 Å². The number of ether oxygens (including phenoxy) is 1. The molecule has 1 aromatic rings. The molecule has 1 fully saturated rings. The quantitative estimate of drug-likeness (QED) is 0.863. The van der Waals surface area contributed by atoms with E-state index < -0.39 is 15.8 Å². The summed E-state index contributed by atoms with van der Waals surface area (Å²) in [4.78, 5) is -0.366. The minimum atomic E-state index is -3.90. The fraction of sp³-hybridized carbons (Fsp3) is 0.571. The Morgan fingerprint density at radius 1 is 1.43 bits per heavy atom. The first-order chi connectivity index (χ1) is 9.77. The van der Waals surface area contributed by atoms with Gasteiger partial charge in [-0.2, -0.15) is 4.31 Å². The highest BCUT2D eigenvalue weighted by molar-refractivity contribution is 7.89. The molecule has 1 heterocycles. The lowest BCUT2D eigenvalue weighted by atomic mass is 9.97. The number of aryl methyl sites for hydroxylation is 1. The molecule has 1 aliphatic heterocycles. The number of nitrogens with two attached hydrogens (primary N) is 1. The van der Waals surface area contributed by atoms with E-state index in [4.69, 9.17) is 10.5 Å². The number of methoxy groups -OCH3 is 1. The van der Waals surface area contributed by atoms with Crippen molar-refractivity contribution in [2.75, 3.05) is 25.9 Å². The molecule has 7 heteroatoms. The minimum Gasteiger partial charge on any atom is -0.398 e. The lowest BCUT2D eigenvalue weighted by Gasteiger charge is -2.35. The minimum absolute atomic E-state index is 0.181. The largest absolute Gasteiger partial charge is 0.398 e. The smallest absolute Gasteiger partial charge is 0.246 e. The third-order valence-corrected chi connectivity index (χ3v) is 5.97. The Morgan fingerprint density at radius 3 is 2.71 bits per heavy atom. The van der Waals surface area contributed by atoms with Crippen LogP contribution in [-0.2, 0) is 14.8 Å². The van der Waals surface area contributed by atoms with Gasteiger partial charge >= 0.3 is 0 Å². The molecule has 2 unspecified atom stereocenters. The Balaban J connectivity index is 2.37. The summed E-state index contributed by atoms with van der Waals surface area (Å²) in [5.41, 5.74) is 6.51. The van der Waals surface area contributed by atoms with Crippen LogP contribution in [0.4, 0.5) is 10.1 Å². The normalized spacial score (nSPS) is 24.2. The molecule has 1 aliphatic rings. The zero-order valence-corrected chi connectivity index (χ0v) is 13.3. The molecule has 0 saturated carbocycles. The van der Waals surface area contributed by atoms with Crippen LogP contribution in [0, 0.1) is 18.7 Å². The van der Waals surface area contributed by atoms with Crippen LogP contribution in [0.15, 0.2) is 17.0 Å². The monoisotopic (exact) mass is 316 g/mol. The molecule has 0 aromatic heterocycles. The number of piperidine rings is 1. The molecule has 0 amide bonds. The van der Waals surface area contributed by atoms with E-state index in [1.807, 2.05) is 6.92 Å². The van der Waals surface area contributed by atoms with Gasteiger partial charge in [-0.1, -0.05) is 6.92 Å². The number of halogens is 1. The molecule has 0 radical (unpaired) electrons. The van der Waals surface area contributed by atoms with Crippen LogP contribution in [-0.4, -0.2) is 39.0 Å². The average molecular weight is 316 g/mol.